The fourth-order valence-corrected chi connectivity index (χ4v) is 1.21. The van der Waals surface area contributed by atoms with Crippen molar-refractivity contribution < 1.29 is 20.1 Å². The molecular formula is C16H26Ir-4. The van der Waals surface area contributed by atoms with Crippen LogP contribution in [0.1, 0.15) is 32.1 Å². The topological polar surface area (TPSA) is 0 Å². The van der Waals surface area contributed by atoms with Crippen LogP contribution in [0.3, 0.4) is 0 Å². The maximum Gasteiger partial charge on any atom is 0 e. The summed E-state index contributed by atoms with van der Waals surface area (Å²) in [6.07, 6.45) is 24.0. The summed E-state index contributed by atoms with van der Waals surface area (Å²) < 4.78 is 0. The molecule has 1 heteroatoms. The van der Waals surface area contributed by atoms with Crippen molar-refractivity contribution >= 4 is 0 Å². The van der Waals surface area contributed by atoms with Gasteiger partial charge in [-0.25, -0.2) is 12.2 Å². The van der Waals surface area contributed by atoms with Crippen LogP contribution >= 0.6 is 0 Å². The summed E-state index contributed by atoms with van der Waals surface area (Å²) in [5.74, 6) is 0. The maximum absolute atomic E-state index is 2.99. The zero-order valence-corrected chi connectivity index (χ0v) is 13.8. The van der Waals surface area contributed by atoms with Crippen molar-refractivity contribution in [2.24, 2.45) is 0 Å². The van der Waals surface area contributed by atoms with E-state index < -0.39 is 0 Å². The van der Waals surface area contributed by atoms with Gasteiger partial charge in [0.2, 0.25) is 0 Å². The molecule has 0 bridgehead atoms. The summed E-state index contributed by atoms with van der Waals surface area (Å²) in [6, 6.07) is 0. The Kier molecular flexibility index (Phi) is 31.4. The van der Waals surface area contributed by atoms with Crippen LogP contribution in [0.5, 0.6) is 0 Å². The molecule has 0 aromatic heterocycles. The molecule has 0 saturated heterocycles. The normalized spacial score (nSPS) is 14.6. The molecule has 103 valence electrons. The van der Waals surface area contributed by atoms with Crippen molar-refractivity contribution in [2.45, 2.75) is 32.1 Å². The van der Waals surface area contributed by atoms with Crippen LogP contribution in [0, 0.1) is 28.4 Å². The molecule has 0 aromatic rings. The van der Waals surface area contributed by atoms with Crippen LogP contribution in [0.15, 0.2) is 42.5 Å². The van der Waals surface area contributed by atoms with Crippen molar-refractivity contribution in [2.75, 3.05) is 0 Å². The number of hydrogen-bond donors (Lipinski definition) is 0. The smallest absolute Gasteiger partial charge is 0 e. The second kappa shape index (κ2) is 21.0. The average molecular weight is 411 g/mol. The Bertz CT molecular complexity index is 198. The second-order valence-corrected chi connectivity index (χ2v) is 3.14. The summed E-state index contributed by atoms with van der Waals surface area (Å²) in [7, 11) is 0. The monoisotopic (exact) mass is 411 g/mol. The number of allylic oxidation sites excluding steroid dienone is 8. The van der Waals surface area contributed by atoms with Gasteiger partial charge in [0.15, 0.2) is 0 Å². The van der Waals surface area contributed by atoms with Gasteiger partial charge in [-0.05, 0) is 25.7 Å². The predicted octanol–water partition coefficient (Wildman–Crippen LogP) is 5.33. The van der Waals surface area contributed by atoms with E-state index in [9.17, 15) is 0 Å². The Morgan fingerprint density at radius 1 is 0.706 bits per heavy atom. The van der Waals surface area contributed by atoms with E-state index in [-0.39, 0.29) is 42.4 Å². The molecule has 0 aliphatic heterocycles. The molecule has 2 rings (SSSR count). The quantitative estimate of drug-likeness (QED) is 0.474. The van der Waals surface area contributed by atoms with Crippen molar-refractivity contribution in [1.82, 2.24) is 0 Å². The van der Waals surface area contributed by atoms with Gasteiger partial charge < -0.3 is 22.3 Å². The van der Waals surface area contributed by atoms with E-state index in [1.807, 2.05) is 12.2 Å². The molecule has 2 aliphatic carbocycles. The standard InChI is InChI=1S/C8H12.C5H5.3CH3.Ir/c1-2-4-6-8-7-5-3-1;1-2-4-5-3-1;;;;/h1-4H,5-8H2;1-3H,4H2;3*1H3;/q;4*-1;. The molecule has 0 amide bonds. The molecule has 0 aromatic carbocycles. The number of rotatable bonds is 0. The van der Waals surface area contributed by atoms with Crippen LogP contribution in [0.25, 0.3) is 0 Å². The van der Waals surface area contributed by atoms with Crippen LogP contribution in [0.2, 0.25) is 0 Å². The Morgan fingerprint density at radius 3 is 1.53 bits per heavy atom. The van der Waals surface area contributed by atoms with Gasteiger partial charge in [-0.15, -0.1) is 6.42 Å². The second-order valence-electron chi connectivity index (χ2n) is 3.14. The van der Waals surface area contributed by atoms with Crippen LogP contribution < -0.4 is 0 Å². The molecule has 0 atom stereocenters. The van der Waals surface area contributed by atoms with Gasteiger partial charge >= 0.3 is 0 Å². The Hall–Kier alpha value is -0.391. The van der Waals surface area contributed by atoms with Gasteiger partial charge in [0.25, 0.3) is 0 Å². The number of hydrogen-bond acceptors (Lipinski definition) is 0. The third kappa shape index (κ3) is 18.2. The zero-order valence-electron chi connectivity index (χ0n) is 11.4. The van der Waals surface area contributed by atoms with E-state index in [1.165, 1.54) is 25.7 Å². The minimum absolute atomic E-state index is 0. The molecule has 0 unspecified atom stereocenters. The minimum atomic E-state index is 0. The van der Waals surface area contributed by atoms with Gasteiger partial charge in [0.1, 0.15) is 0 Å². The first-order valence-electron chi connectivity index (χ1n) is 5.03. The summed E-state index contributed by atoms with van der Waals surface area (Å²) in [5.41, 5.74) is 0. The van der Waals surface area contributed by atoms with E-state index in [4.69, 9.17) is 0 Å². The Morgan fingerprint density at radius 2 is 1.24 bits per heavy atom. The molecule has 0 spiro atoms. The molecular weight excluding hydrogens is 384 g/mol. The van der Waals surface area contributed by atoms with Gasteiger partial charge in [0, 0.05) is 20.1 Å². The molecule has 2 aliphatic rings. The fourth-order valence-electron chi connectivity index (χ4n) is 1.21. The molecule has 0 fully saturated rings. The average Bonchev–Trinajstić information content (AvgIpc) is 2.58. The molecule has 0 saturated carbocycles. The zero-order chi connectivity index (χ0) is 9.19. The van der Waals surface area contributed by atoms with Gasteiger partial charge in [0.05, 0.1) is 0 Å². The summed E-state index contributed by atoms with van der Waals surface area (Å²) in [4.78, 5) is 0. The first-order valence-corrected chi connectivity index (χ1v) is 5.03. The summed E-state index contributed by atoms with van der Waals surface area (Å²) >= 11 is 0. The van der Waals surface area contributed by atoms with Crippen molar-refractivity contribution in [3.8, 4) is 0 Å². The minimum Gasteiger partial charge on any atom is -0.358 e. The van der Waals surface area contributed by atoms with Crippen molar-refractivity contribution in [1.29, 1.82) is 0 Å². The predicted molar refractivity (Wildman–Crippen MR) is 77.6 cm³/mol. The third-order valence-corrected chi connectivity index (χ3v) is 1.96. The van der Waals surface area contributed by atoms with Crippen LogP contribution in [-0.2, 0) is 20.1 Å². The molecule has 0 heterocycles. The first kappa shape index (κ1) is 25.5. The van der Waals surface area contributed by atoms with E-state index in [2.05, 4.69) is 36.5 Å². The van der Waals surface area contributed by atoms with Crippen molar-refractivity contribution in [3.63, 3.8) is 0 Å². The molecule has 0 N–H and O–H groups in total. The fraction of sp³-hybridized carbons (Fsp3) is 0.312. The Labute approximate surface area is 123 Å². The molecule has 17 heavy (non-hydrogen) atoms. The van der Waals surface area contributed by atoms with Crippen LogP contribution in [0.4, 0.5) is 0 Å². The largest absolute Gasteiger partial charge is 0.358 e. The van der Waals surface area contributed by atoms with E-state index >= 15 is 0 Å². The molecule has 1 radical (unpaired) electrons. The summed E-state index contributed by atoms with van der Waals surface area (Å²) in [6.45, 7) is 0. The van der Waals surface area contributed by atoms with E-state index in [1.54, 1.807) is 0 Å². The Balaban J connectivity index is -0.0000000849. The summed E-state index contributed by atoms with van der Waals surface area (Å²) in [5, 5.41) is 0. The SMILES string of the molecule is C1=CCCCCC=C1.[C-]1=CC=CC1.[CH3-].[CH3-].[CH3-].[Ir]. The third-order valence-electron chi connectivity index (χ3n) is 1.96. The molecule has 0 nitrogen and oxygen atoms in total. The van der Waals surface area contributed by atoms with E-state index in [0.29, 0.717) is 0 Å². The van der Waals surface area contributed by atoms with Crippen LogP contribution in [-0.4, -0.2) is 0 Å². The maximum atomic E-state index is 2.99. The van der Waals surface area contributed by atoms with Crippen molar-refractivity contribution in [3.05, 3.63) is 70.9 Å². The van der Waals surface area contributed by atoms with Gasteiger partial charge in [-0.1, -0.05) is 24.3 Å². The first-order chi connectivity index (χ1) is 6.50. The van der Waals surface area contributed by atoms with Gasteiger partial charge in [-0.3, -0.25) is 6.08 Å². The van der Waals surface area contributed by atoms with E-state index in [0.717, 1.165) is 6.42 Å². The van der Waals surface area contributed by atoms with Gasteiger partial charge in [-0.2, -0.15) is 6.08 Å².